The Bertz CT molecular complexity index is 669. The zero-order valence-corrected chi connectivity index (χ0v) is 15.1. The van der Waals surface area contributed by atoms with Crippen LogP contribution in [0.2, 0.25) is 0 Å². The number of amides is 2. The highest BCUT2D eigenvalue weighted by atomic mass is 32.1. The van der Waals surface area contributed by atoms with Crippen LogP contribution in [0.5, 0.6) is 0 Å². The normalized spacial score (nSPS) is 18.0. The number of nitrogens with one attached hydrogen (secondary N) is 2. The Morgan fingerprint density at radius 3 is 2.79 bits per heavy atom. The molecule has 0 bridgehead atoms. The quantitative estimate of drug-likeness (QED) is 0.875. The van der Waals surface area contributed by atoms with Crippen LogP contribution in [-0.2, 0) is 12.8 Å². The lowest BCUT2D eigenvalue weighted by molar-refractivity contribution is 0.228. The number of urea groups is 1. The monoisotopic (exact) mass is 343 g/mol. The fourth-order valence-corrected chi connectivity index (χ4v) is 4.02. The van der Waals surface area contributed by atoms with Crippen molar-refractivity contribution in [3.63, 3.8) is 0 Å². The van der Waals surface area contributed by atoms with Crippen LogP contribution in [-0.4, -0.2) is 37.6 Å². The number of aryl methyl sites for hydroxylation is 1. The molecule has 0 saturated heterocycles. The van der Waals surface area contributed by atoms with Crippen LogP contribution in [0.4, 0.5) is 4.79 Å². The maximum absolute atomic E-state index is 12.3. The predicted molar refractivity (Wildman–Crippen MR) is 99.5 cm³/mol. The smallest absolute Gasteiger partial charge is 0.315 e. The van der Waals surface area contributed by atoms with Gasteiger partial charge in [-0.3, -0.25) is 0 Å². The van der Waals surface area contributed by atoms with Gasteiger partial charge in [-0.25, -0.2) is 4.79 Å². The molecule has 4 nitrogen and oxygen atoms in total. The predicted octanol–water partition coefficient (Wildman–Crippen LogP) is 3.21. The van der Waals surface area contributed by atoms with E-state index in [-0.39, 0.29) is 18.1 Å². The maximum atomic E-state index is 12.3. The van der Waals surface area contributed by atoms with Crippen molar-refractivity contribution >= 4 is 17.4 Å². The van der Waals surface area contributed by atoms with Gasteiger partial charge in [0, 0.05) is 12.6 Å². The maximum Gasteiger partial charge on any atom is 0.315 e. The van der Waals surface area contributed by atoms with Crippen LogP contribution in [0.3, 0.4) is 0 Å². The van der Waals surface area contributed by atoms with E-state index in [9.17, 15) is 4.79 Å². The first-order chi connectivity index (χ1) is 11.6. The highest BCUT2D eigenvalue weighted by Crippen LogP contribution is 2.21. The van der Waals surface area contributed by atoms with Crippen molar-refractivity contribution in [2.24, 2.45) is 0 Å². The summed E-state index contributed by atoms with van der Waals surface area (Å²) in [6.07, 6.45) is 2.97. The minimum atomic E-state index is -0.0681. The first-order valence-electron chi connectivity index (χ1n) is 8.43. The number of benzene rings is 1. The molecule has 1 aromatic carbocycles. The topological polar surface area (TPSA) is 44.4 Å². The molecule has 1 aliphatic rings. The highest BCUT2D eigenvalue weighted by Gasteiger charge is 2.21. The largest absolute Gasteiger partial charge is 0.336 e. The summed E-state index contributed by atoms with van der Waals surface area (Å²) in [6.45, 7) is 0.610. The van der Waals surface area contributed by atoms with Crippen LogP contribution in [0.15, 0.2) is 41.1 Å². The Kier molecular flexibility index (Phi) is 5.53. The average Bonchev–Trinajstić information content (AvgIpc) is 3.09. The summed E-state index contributed by atoms with van der Waals surface area (Å²) >= 11 is 1.69. The number of thiophene rings is 1. The van der Waals surface area contributed by atoms with Gasteiger partial charge in [0.25, 0.3) is 0 Å². The van der Waals surface area contributed by atoms with Gasteiger partial charge < -0.3 is 15.5 Å². The van der Waals surface area contributed by atoms with Crippen molar-refractivity contribution in [3.8, 4) is 0 Å². The first kappa shape index (κ1) is 17.0. The van der Waals surface area contributed by atoms with E-state index in [0.717, 1.165) is 19.3 Å². The van der Waals surface area contributed by atoms with Crippen molar-refractivity contribution in [3.05, 3.63) is 57.8 Å². The third-order valence-corrected chi connectivity index (χ3v) is 5.39. The van der Waals surface area contributed by atoms with Gasteiger partial charge in [-0.2, -0.15) is 11.3 Å². The molecule has 2 aromatic rings. The molecular formula is C19H25N3OS. The second kappa shape index (κ2) is 7.81. The Hall–Kier alpha value is -1.85. The number of carbonyl (C=O) groups excluding carboxylic acids is 1. The Labute approximate surface area is 147 Å². The molecule has 3 rings (SSSR count). The molecule has 5 heteroatoms. The minimum Gasteiger partial charge on any atom is -0.336 e. The lowest BCUT2D eigenvalue weighted by Gasteiger charge is -2.27. The SMILES string of the molecule is CN(C)C(CNC(=O)N[C@H]1CCc2ccccc2C1)c1ccsc1. The molecule has 0 saturated carbocycles. The molecule has 0 radical (unpaired) electrons. The Morgan fingerprint density at radius 2 is 2.08 bits per heavy atom. The molecular weight excluding hydrogens is 318 g/mol. The van der Waals surface area contributed by atoms with E-state index in [1.807, 2.05) is 14.1 Å². The molecule has 1 unspecified atom stereocenters. The average molecular weight is 343 g/mol. The van der Waals surface area contributed by atoms with E-state index in [1.165, 1.54) is 16.7 Å². The minimum absolute atomic E-state index is 0.0681. The van der Waals surface area contributed by atoms with Gasteiger partial charge in [0.05, 0.1) is 6.04 Å². The zero-order chi connectivity index (χ0) is 16.9. The van der Waals surface area contributed by atoms with Gasteiger partial charge in [0.2, 0.25) is 0 Å². The third kappa shape index (κ3) is 4.16. The lowest BCUT2D eigenvalue weighted by atomic mass is 9.88. The Morgan fingerprint density at radius 1 is 1.29 bits per heavy atom. The summed E-state index contributed by atoms with van der Waals surface area (Å²) in [5.41, 5.74) is 4.02. The van der Waals surface area contributed by atoms with Crippen molar-refractivity contribution in [1.29, 1.82) is 0 Å². The standard InChI is InChI=1S/C19H25N3OS/c1-22(2)18(16-9-10-24-13-16)12-20-19(23)21-17-8-7-14-5-3-4-6-15(14)11-17/h3-6,9-10,13,17-18H,7-8,11-12H2,1-2H3,(H2,20,21,23)/t17-,18?/m0/s1. The molecule has 1 aromatic heterocycles. The fraction of sp³-hybridized carbons (Fsp3) is 0.421. The summed E-state index contributed by atoms with van der Waals surface area (Å²) in [4.78, 5) is 14.4. The molecule has 2 atom stereocenters. The molecule has 0 fully saturated rings. The van der Waals surface area contributed by atoms with Gasteiger partial charge in [-0.05, 0) is 66.9 Å². The van der Waals surface area contributed by atoms with Gasteiger partial charge >= 0.3 is 6.03 Å². The number of likely N-dealkylation sites (N-methyl/N-ethyl adjacent to an activating group) is 1. The van der Waals surface area contributed by atoms with Crippen LogP contribution in [0.25, 0.3) is 0 Å². The van der Waals surface area contributed by atoms with Crippen molar-refractivity contribution in [1.82, 2.24) is 15.5 Å². The molecule has 1 heterocycles. The second-order valence-corrected chi connectivity index (χ2v) is 7.38. The van der Waals surface area contributed by atoms with Crippen molar-refractivity contribution < 1.29 is 4.79 Å². The summed E-state index contributed by atoms with van der Waals surface area (Å²) in [5.74, 6) is 0. The van der Waals surface area contributed by atoms with Gasteiger partial charge in [-0.1, -0.05) is 24.3 Å². The Balaban J connectivity index is 1.51. The van der Waals surface area contributed by atoms with E-state index in [2.05, 4.69) is 56.6 Å². The molecule has 1 aliphatic carbocycles. The third-order valence-electron chi connectivity index (χ3n) is 4.69. The second-order valence-electron chi connectivity index (χ2n) is 6.60. The zero-order valence-electron chi connectivity index (χ0n) is 14.3. The summed E-state index contributed by atoms with van der Waals surface area (Å²) < 4.78 is 0. The number of carbonyl (C=O) groups is 1. The van der Waals surface area contributed by atoms with E-state index in [0.29, 0.717) is 6.54 Å². The van der Waals surface area contributed by atoms with Crippen LogP contribution < -0.4 is 10.6 Å². The van der Waals surface area contributed by atoms with Crippen LogP contribution >= 0.6 is 11.3 Å². The van der Waals surface area contributed by atoms with E-state index < -0.39 is 0 Å². The van der Waals surface area contributed by atoms with E-state index >= 15 is 0 Å². The van der Waals surface area contributed by atoms with Gasteiger partial charge in [0.1, 0.15) is 0 Å². The molecule has 24 heavy (non-hydrogen) atoms. The highest BCUT2D eigenvalue weighted by molar-refractivity contribution is 7.07. The molecule has 0 aliphatic heterocycles. The van der Waals surface area contributed by atoms with Gasteiger partial charge in [0.15, 0.2) is 0 Å². The van der Waals surface area contributed by atoms with Gasteiger partial charge in [-0.15, -0.1) is 0 Å². The number of nitrogens with zero attached hydrogens (tertiary/aromatic N) is 1. The van der Waals surface area contributed by atoms with E-state index in [1.54, 1.807) is 11.3 Å². The van der Waals surface area contributed by atoms with Crippen molar-refractivity contribution in [2.45, 2.75) is 31.3 Å². The van der Waals surface area contributed by atoms with Crippen molar-refractivity contribution in [2.75, 3.05) is 20.6 Å². The lowest BCUT2D eigenvalue weighted by Crippen LogP contribution is -2.46. The molecule has 2 amide bonds. The van der Waals surface area contributed by atoms with E-state index in [4.69, 9.17) is 0 Å². The molecule has 128 valence electrons. The number of hydrogen-bond donors (Lipinski definition) is 2. The summed E-state index contributed by atoms with van der Waals surface area (Å²) in [5, 5.41) is 10.4. The summed E-state index contributed by atoms with van der Waals surface area (Å²) in [7, 11) is 4.08. The number of fused-ring (bicyclic) bond motifs is 1. The summed E-state index contributed by atoms with van der Waals surface area (Å²) in [6, 6.07) is 11.0. The molecule has 2 N–H and O–H groups in total. The molecule has 0 spiro atoms. The van der Waals surface area contributed by atoms with Crippen LogP contribution in [0.1, 0.15) is 29.2 Å². The first-order valence-corrected chi connectivity index (χ1v) is 9.37. The number of hydrogen-bond acceptors (Lipinski definition) is 3. The fourth-order valence-electron chi connectivity index (χ4n) is 3.31. The number of rotatable bonds is 5. The van der Waals surface area contributed by atoms with Crippen LogP contribution in [0, 0.1) is 0 Å².